The molecule has 29 heavy (non-hydrogen) atoms. The first-order valence-electron chi connectivity index (χ1n) is 9.10. The molecule has 0 radical (unpaired) electrons. The van der Waals surface area contributed by atoms with Gasteiger partial charge in [0.1, 0.15) is 0 Å². The molecule has 154 valence electrons. The Morgan fingerprint density at radius 2 is 1.76 bits per heavy atom. The maximum Gasteiger partial charge on any atom is 0.310 e. The number of amides is 1. The average Bonchev–Trinajstić information content (AvgIpc) is 3.27. The molecule has 3 rings (SSSR count). The van der Waals surface area contributed by atoms with Crippen LogP contribution in [0.5, 0.6) is 5.75 Å². The van der Waals surface area contributed by atoms with Gasteiger partial charge in [-0.25, -0.2) is 8.42 Å². The highest BCUT2D eigenvalue weighted by Crippen LogP contribution is 2.25. The molecule has 2 aromatic carbocycles. The van der Waals surface area contributed by atoms with Crippen molar-refractivity contribution in [3.8, 4) is 5.75 Å². The fourth-order valence-corrected chi connectivity index (χ4v) is 4.50. The van der Waals surface area contributed by atoms with Crippen molar-refractivity contribution in [3.63, 3.8) is 0 Å². The number of rotatable bonds is 8. The lowest BCUT2D eigenvalue weighted by molar-refractivity contribution is -0.385. The zero-order valence-electron chi connectivity index (χ0n) is 15.6. The van der Waals surface area contributed by atoms with Gasteiger partial charge in [0.25, 0.3) is 5.91 Å². The maximum atomic E-state index is 12.5. The molecule has 0 aliphatic carbocycles. The van der Waals surface area contributed by atoms with Crippen molar-refractivity contribution in [1.82, 2.24) is 9.62 Å². The lowest BCUT2D eigenvalue weighted by Gasteiger charge is -2.15. The Bertz CT molecular complexity index is 985. The molecule has 1 amide bonds. The topological polar surface area (TPSA) is 119 Å². The predicted octanol–water partition coefficient (Wildman–Crippen LogP) is 2.07. The van der Waals surface area contributed by atoms with E-state index >= 15 is 0 Å². The second-order valence-corrected chi connectivity index (χ2v) is 8.48. The lowest BCUT2D eigenvalue weighted by atomic mass is 10.2. The van der Waals surface area contributed by atoms with Crippen molar-refractivity contribution in [2.75, 3.05) is 19.7 Å². The molecule has 2 aromatic rings. The molecule has 1 aliphatic rings. The van der Waals surface area contributed by atoms with E-state index in [1.807, 2.05) is 0 Å². The van der Waals surface area contributed by atoms with Crippen molar-refractivity contribution < 1.29 is 22.9 Å². The van der Waals surface area contributed by atoms with Gasteiger partial charge in [0.05, 0.1) is 9.82 Å². The number of nitro groups is 1. The maximum absolute atomic E-state index is 12.5. The molecule has 0 saturated carbocycles. The average molecular weight is 419 g/mol. The quantitative estimate of drug-likeness (QED) is 0.517. The number of nitro benzene ring substituents is 1. The van der Waals surface area contributed by atoms with E-state index in [-0.39, 0.29) is 29.5 Å². The molecular weight excluding hydrogens is 398 g/mol. The molecule has 0 aromatic heterocycles. The highest BCUT2D eigenvalue weighted by molar-refractivity contribution is 7.89. The van der Waals surface area contributed by atoms with Gasteiger partial charge < -0.3 is 10.1 Å². The summed E-state index contributed by atoms with van der Waals surface area (Å²) in [5.74, 6) is -0.430. The van der Waals surface area contributed by atoms with E-state index in [0.717, 1.165) is 18.4 Å². The number of carbonyl (C=O) groups is 1. The highest BCUT2D eigenvalue weighted by Gasteiger charge is 2.26. The number of benzene rings is 2. The molecule has 0 spiro atoms. The second kappa shape index (κ2) is 9.01. The minimum absolute atomic E-state index is 0.0177. The zero-order chi connectivity index (χ0) is 20.9. The molecule has 1 saturated heterocycles. The third-order valence-electron chi connectivity index (χ3n) is 4.54. The van der Waals surface area contributed by atoms with Crippen LogP contribution in [-0.2, 0) is 21.4 Å². The summed E-state index contributed by atoms with van der Waals surface area (Å²) in [6, 6.07) is 12.2. The molecule has 9 nitrogen and oxygen atoms in total. The first-order valence-corrected chi connectivity index (χ1v) is 10.5. The highest BCUT2D eigenvalue weighted by atomic mass is 32.2. The SMILES string of the molecule is O=C(COc1ccccc1[N+](=O)[O-])NCc1ccc(S(=O)(=O)N2CCCC2)cc1. The molecule has 0 bridgehead atoms. The van der Waals surface area contributed by atoms with Crippen LogP contribution < -0.4 is 10.1 Å². The predicted molar refractivity (Wildman–Crippen MR) is 105 cm³/mol. The van der Waals surface area contributed by atoms with Crippen LogP contribution in [0.3, 0.4) is 0 Å². The van der Waals surface area contributed by atoms with Gasteiger partial charge >= 0.3 is 5.69 Å². The molecule has 1 N–H and O–H groups in total. The van der Waals surface area contributed by atoms with Gasteiger partial charge in [0.2, 0.25) is 10.0 Å². The molecular formula is C19H21N3O6S. The van der Waals surface area contributed by atoms with Gasteiger partial charge in [-0.2, -0.15) is 4.31 Å². The fraction of sp³-hybridized carbons (Fsp3) is 0.316. The van der Waals surface area contributed by atoms with Gasteiger partial charge in [-0.3, -0.25) is 14.9 Å². The van der Waals surface area contributed by atoms with E-state index in [1.54, 1.807) is 18.2 Å². The lowest BCUT2D eigenvalue weighted by Crippen LogP contribution is -2.29. The number of hydrogen-bond acceptors (Lipinski definition) is 6. The van der Waals surface area contributed by atoms with Gasteiger partial charge in [-0.15, -0.1) is 0 Å². The van der Waals surface area contributed by atoms with E-state index < -0.39 is 20.9 Å². The van der Waals surface area contributed by atoms with Gasteiger partial charge in [0.15, 0.2) is 12.4 Å². The van der Waals surface area contributed by atoms with E-state index in [4.69, 9.17) is 4.74 Å². The zero-order valence-corrected chi connectivity index (χ0v) is 16.4. The second-order valence-electron chi connectivity index (χ2n) is 6.55. The third kappa shape index (κ3) is 5.09. The normalized spacial score (nSPS) is 14.5. The van der Waals surface area contributed by atoms with Crippen LogP contribution in [0.15, 0.2) is 53.4 Å². The smallest absolute Gasteiger partial charge is 0.310 e. The summed E-state index contributed by atoms with van der Waals surface area (Å²) in [5.41, 5.74) is 0.513. The first kappa shape index (κ1) is 20.7. The van der Waals surface area contributed by atoms with Crippen LogP contribution in [0.2, 0.25) is 0 Å². The van der Waals surface area contributed by atoms with Crippen LogP contribution in [0.4, 0.5) is 5.69 Å². The summed E-state index contributed by atoms with van der Waals surface area (Å²) in [6.45, 7) is 0.898. The minimum Gasteiger partial charge on any atom is -0.477 e. The number of carbonyl (C=O) groups excluding carboxylic acids is 1. The van der Waals surface area contributed by atoms with Crippen molar-refractivity contribution in [1.29, 1.82) is 0 Å². The summed E-state index contributed by atoms with van der Waals surface area (Å²) in [4.78, 5) is 22.6. The Hall–Kier alpha value is -2.98. The first-order chi connectivity index (χ1) is 13.9. The Morgan fingerprint density at radius 1 is 1.10 bits per heavy atom. The summed E-state index contributed by atoms with van der Waals surface area (Å²) >= 11 is 0. The van der Waals surface area contributed by atoms with Gasteiger partial charge in [-0.05, 0) is 36.6 Å². The number of nitrogens with zero attached hydrogens (tertiary/aromatic N) is 2. The van der Waals surface area contributed by atoms with Crippen molar-refractivity contribution in [2.45, 2.75) is 24.3 Å². The molecule has 1 heterocycles. The minimum atomic E-state index is -3.47. The summed E-state index contributed by atoms with van der Waals surface area (Å²) in [5, 5.41) is 13.6. The summed E-state index contributed by atoms with van der Waals surface area (Å²) in [7, 11) is -3.47. The van der Waals surface area contributed by atoms with Crippen LogP contribution in [0, 0.1) is 10.1 Å². The number of ether oxygens (including phenoxy) is 1. The van der Waals surface area contributed by atoms with Crippen LogP contribution in [-0.4, -0.2) is 43.2 Å². The Balaban J connectivity index is 1.52. The van der Waals surface area contributed by atoms with Gasteiger partial charge in [0, 0.05) is 25.7 Å². The molecule has 1 fully saturated rings. The molecule has 1 aliphatic heterocycles. The Kier molecular flexibility index (Phi) is 6.45. The van der Waals surface area contributed by atoms with E-state index in [2.05, 4.69) is 5.32 Å². The molecule has 0 atom stereocenters. The fourth-order valence-electron chi connectivity index (χ4n) is 2.98. The van der Waals surface area contributed by atoms with Crippen molar-refractivity contribution in [3.05, 3.63) is 64.2 Å². The number of nitrogens with one attached hydrogen (secondary N) is 1. The molecule has 10 heteroatoms. The van der Waals surface area contributed by atoms with Crippen LogP contribution >= 0.6 is 0 Å². The Labute approximate surface area is 168 Å². The number of hydrogen-bond donors (Lipinski definition) is 1. The van der Waals surface area contributed by atoms with Crippen molar-refractivity contribution in [2.24, 2.45) is 0 Å². The van der Waals surface area contributed by atoms with E-state index in [9.17, 15) is 23.3 Å². The third-order valence-corrected chi connectivity index (χ3v) is 6.45. The van der Waals surface area contributed by atoms with Crippen LogP contribution in [0.1, 0.15) is 18.4 Å². The molecule has 0 unspecified atom stereocenters. The largest absolute Gasteiger partial charge is 0.477 e. The summed E-state index contributed by atoms with van der Waals surface area (Å²) in [6.07, 6.45) is 1.75. The number of para-hydroxylation sites is 2. The van der Waals surface area contributed by atoms with Crippen LogP contribution in [0.25, 0.3) is 0 Å². The summed E-state index contributed by atoms with van der Waals surface area (Å²) < 4.78 is 31.7. The van der Waals surface area contributed by atoms with Crippen molar-refractivity contribution >= 4 is 21.6 Å². The van der Waals surface area contributed by atoms with Gasteiger partial charge in [-0.1, -0.05) is 24.3 Å². The Morgan fingerprint density at radius 3 is 2.41 bits per heavy atom. The number of sulfonamides is 1. The van der Waals surface area contributed by atoms with E-state index in [0.29, 0.717) is 13.1 Å². The monoisotopic (exact) mass is 419 g/mol. The standard InChI is InChI=1S/C19H21N3O6S/c23-19(14-28-18-6-2-1-5-17(18)22(24)25)20-13-15-7-9-16(10-8-15)29(26,27)21-11-3-4-12-21/h1-2,5-10H,3-4,11-14H2,(H,20,23). The van der Waals surface area contributed by atoms with E-state index in [1.165, 1.54) is 34.6 Å².